The van der Waals surface area contributed by atoms with Crippen LogP contribution in [0.4, 0.5) is 0 Å². The summed E-state index contributed by atoms with van der Waals surface area (Å²) in [5.74, 6) is 2.30. The Morgan fingerprint density at radius 3 is 2.10 bits per heavy atom. The molecule has 0 aromatic heterocycles. The van der Waals surface area contributed by atoms with Crippen molar-refractivity contribution in [1.29, 1.82) is 0 Å². The van der Waals surface area contributed by atoms with Gasteiger partial charge in [0.25, 0.3) is 8.32 Å². The molecule has 5 heteroatoms. The molecule has 5 rings (SSSR count). The third kappa shape index (κ3) is 5.34. The van der Waals surface area contributed by atoms with Gasteiger partial charge in [0.1, 0.15) is 5.75 Å². The normalized spacial score (nSPS) is 23.6. The SMILES string of the molecule is COc1cccc2c1C[C@H]1C[C@@H](O[Si](c3ccccc3)(c3ccccc3)C(C)(C)C)[C@H](CCC(O)CO)[C@H]1C2. The highest BCUT2D eigenvalue weighted by molar-refractivity contribution is 6.99. The van der Waals surface area contributed by atoms with Gasteiger partial charge >= 0.3 is 0 Å². The number of benzene rings is 3. The van der Waals surface area contributed by atoms with Gasteiger partial charge < -0.3 is 19.4 Å². The first-order valence-electron chi connectivity index (χ1n) is 14.5. The van der Waals surface area contributed by atoms with Gasteiger partial charge in [-0.05, 0) is 82.5 Å². The highest BCUT2D eigenvalue weighted by Crippen LogP contribution is 2.51. The Labute approximate surface area is 235 Å². The van der Waals surface area contributed by atoms with Gasteiger partial charge in [-0.3, -0.25) is 0 Å². The van der Waals surface area contributed by atoms with E-state index in [1.807, 2.05) is 0 Å². The molecule has 0 amide bonds. The summed E-state index contributed by atoms with van der Waals surface area (Å²) >= 11 is 0. The molecule has 1 unspecified atom stereocenters. The molecule has 1 saturated carbocycles. The van der Waals surface area contributed by atoms with Crippen LogP contribution in [-0.4, -0.2) is 44.5 Å². The minimum Gasteiger partial charge on any atom is -0.496 e. The Hall–Kier alpha value is -2.44. The molecule has 3 aromatic rings. The van der Waals surface area contributed by atoms with E-state index >= 15 is 0 Å². The van der Waals surface area contributed by atoms with Crippen molar-refractivity contribution in [2.75, 3.05) is 13.7 Å². The maximum absolute atomic E-state index is 10.3. The van der Waals surface area contributed by atoms with E-state index in [1.54, 1.807) is 7.11 Å². The van der Waals surface area contributed by atoms with Crippen LogP contribution >= 0.6 is 0 Å². The van der Waals surface area contributed by atoms with Crippen LogP contribution in [0.5, 0.6) is 5.75 Å². The molecule has 2 aliphatic rings. The zero-order valence-corrected chi connectivity index (χ0v) is 24.8. The van der Waals surface area contributed by atoms with Gasteiger partial charge in [0.15, 0.2) is 0 Å². The lowest BCUT2D eigenvalue weighted by molar-refractivity contribution is 0.0653. The number of hydrogen-bond donors (Lipinski definition) is 2. The molecule has 1 fully saturated rings. The summed E-state index contributed by atoms with van der Waals surface area (Å²) in [4.78, 5) is 0. The fraction of sp³-hybridized carbons (Fsp3) is 0.471. The van der Waals surface area contributed by atoms with E-state index in [1.165, 1.54) is 21.5 Å². The maximum atomic E-state index is 10.3. The number of hydrogen-bond acceptors (Lipinski definition) is 4. The van der Waals surface area contributed by atoms with Crippen LogP contribution in [0.15, 0.2) is 78.9 Å². The molecule has 39 heavy (non-hydrogen) atoms. The lowest BCUT2D eigenvalue weighted by Gasteiger charge is -2.46. The van der Waals surface area contributed by atoms with Crippen LogP contribution in [0.25, 0.3) is 0 Å². The topological polar surface area (TPSA) is 58.9 Å². The number of methoxy groups -OCH3 is 1. The Morgan fingerprint density at radius 1 is 0.897 bits per heavy atom. The van der Waals surface area contributed by atoms with Crippen LogP contribution in [0, 0.1) is 17.8 Å². The van der Waals surface area contributed by atoms with Gasteiger partial charge in [0.05, 0.1) is 19.8 Å². The number of rotatable bonds is 9. The Bertz CT molecular complexity index is 1180. The fourth-order valence-corrected chi connectivity index (χ4v) is 12.2. The summed E-state index contributed by atoms with van der Waals surface area (Å²) in [5.41, 5.74) is 2.73. The predicted molar refractivity (Wildman–Crippen MR) is 160 cm³/mol. The molecule has 208 valence electrons. The second-order valence-electron chi connectivity index (χ2n) is 12.6. The van der Waals surface area contributed by atoms with Crippen LogP contribution in [-0.2, 0) is 17.3 Å². The van der Waals surface area contributed by atoms with Crippen LogP contribution < -0.4 is 15.1 Å². The second kappa shape index (κ2) is 11.6. The Balaban J connectivity index is 1.57. The maximum Gasteiger partial charge on any atom is 0.261 e. The van der Waals surface area contributed by atoms with Gasteiger partial charge in [-0.1, -0.05) is 93.6 Å². The summed E-state index contributed by atoms with van der Waals surface area (Å²) in [5, 5.41) is 22.5. The summed E-state index contributed by atoms with van der Waals surface area (Å²) in [7, 11) is -0.951. The summed E-state index contributed by atoms with van der Waals surface area (Å²) < 4.78 is 13.5. The van der Waals surface area contributed by atoms with Crippen LogP contribution in [0.3, 0.4) is 0 Å². The molecule has 0 radical (unpaired) electrons. The van der Waals surface area contributed by atoms with Crippen molar-refractivity contribution in [3.8, 4) is 5.75 Å². The molecule has 3 aromatic carbocycles. The molecular formula is C34H44O4Si. The lowest BCUT2D eigenvalue weighted by atomic mass is 9.73. The average Bonchev–Trinajstić information content (AvgIpc) is 3.28. The first-order valence-corrected chi connectivity index (χ1v) is 16.4. The molecule has 0 saturated heterocycles. The Morgan fingerprint density at radius 2 is 1.54 bits per heavy atom. The van der Waals surface area contributed by atoms with Crippen molar-refractivity contribution < 1.29 is 19.4 Å². The Kier molecular flexibility index (Phi) is 8.34. The summed E-state index contributed by atoms with van der Waals surface area (Å²) in [6.45, 7) is 6.83. The van der Waals surface area contributed by atoms with Gasteiger partial charge in [0, 0.05) is 6.10 Å². The van der Waals surface area contributed by atoms with E-state index in [9.17, 15) is 10.2 Å². The van der Waals surface area contributed by atoms with E-state index < -0.39 is 14.4 Å². The van der Waals surface area contributed by atoms with Gasteiger partial charge in [-0.25, -0.2) is 0 Å². The van der Waals surface area contributed by atoms with Crippen LogP contribution in [0.2, 0.25) is 5.04 Å². The van der Waals surface area contributed by atoms with Crippen molar-refractivity contribution in [2.24, 2.45) is 17.8 Å². The van der Waals surface area contributed by atoms with E-state index in [2.05, 4.69) is 99.6 Å². The largest absolute Gasteiger partial charge is 0.496 e. The van der Waals surface area contributed by atoms with E-state index in [0.717, 1.165) is 31.4 Å². The molecule has 0 spiro atoms. The number of fused-ring (bicyclic) bond motifs is 2. The standard InChI is InChI=1S/C34H44O4Si/c1-34(2,3)39(27-13-7-5-8-14-27,28-15-9-6-10-16-28)38-33-22-25-21-31-24(12-11-17-32(31)37-4)20-30(25)29(33)19-18-26(36)23-35/h5-17,25-26,29-30,33,35-36H,18-23H2,1-4H3/t25-,26?,29+,30-,33+/m0/s1. The third-order valence-corrected chi connectivity index (χ3v) is 14.4. The van der Waals surface area contributed by atoms with E-state index in [0.29, 0.717) is 24.2 Å². The zero-order valence-electron chi connectivity index (χ0n) is 23.8. The third-order valence-electron chi connectivity index (χ3n) is 9.33. The van der Waals surface area contributed by atoms with E-state index in [-0.39, 0.29) is 17.7 Å². The average molecular weight is 545 g/mol. The first kappa shape index (κ1) is 28.1. The number of aliphatic hydroxyl groups excluding tert-OH is 2. The van der Waals surface area contributed by atoms with Crippen molar-refractivity contribution in [3.63, 3.8) is 0 Å². The lowest BCUT2D eigenvalue weighted by Crippen LogP contribution is -2.68. The molecule has 5 atom stereocenters. The monoisotopic (exact) mass is 544 g/mol. The van der Waals surface area contributed by atoms with Gasteiger partial charge in [-0.15, -0.1) is 0 Å². The van der Waals surface area contributed by atoms with Crippen molar-refractivity contribution in [3.05, 3.63) is 90.0 Å². The van der Waals surface area contributed by atoms with Crippen molar-refractivity contribution in [2.45, 2.75) is 70.1 Å². The molecule has 0 aliphatic heterocycles. The van der Waals surface area contributed by atoms with Gasteiger partial charge in [0.2, 0.25) is 0 Å². The summed E-state index contributed by atoms with van der Waals surface area (Å²) in [6.07, 6.45) is 3.86. The molecular weight excluding hydrogens is 500 g/mol. The zero-order chi connectivity index (χ0) is 27.6. The molecule has 2 N–H and O–H groups in total. The van der Waals surface area contributed by atoms with Crippen molar-refractivity contribution >= 4 is 18.7 Å². The van der Waals surface area contributed by atoms with Crippen molar-refractivity contribution in [1.82, 2.24) is 0 Å². The van der Waals surface area contributed by atoms with Gasteiger partial charge in [-0.2, -0.15) is 0 Å². The highest BCUT2D eigenvalue weighted by Gasteiger charge is 2.55. The quantitative estimate of drug-likeness (QED) is 0.367. The summed E-state index contributed by atoms with van der Waals surface area (Å²) in [6, 6.07) is 28.2. The minimum atomic E-state index is -2.72. The predicted octanol–water partition coefficient (Wildman–Crippen LogP) is 5.12. The first-order chi connectivity index (χ1) is 18.8. The second-order valence-corrected chi connectivity index (χ2v) is 16.8. The smallest absolute Gasteiger partial charge is 0.261 e. The highest BCUT2D eigenvalue weighted by atomic mass is 28.4. The minimum absolute atomic E-state index is 0.0810. The fourth-order valence-electron chi connectivity index (χ4n) is 7.50. The molecule has 0 heterocycles. The molecule has 0 bridgehead atoms. The van der Waals surface area contributed by atoms with E-state index in [4.69, 9.17) is 9.16 Å². The molecule has 2 aliphatic carbocycles. The molecule has 4 nitrogen and oxygen atoms in total. The van der Waals surface area contributed by atoms with Crippen LogP contribution in [0.1, 0.15) is 51.2 Å². The number of ether oxygens (including phenoxy) is 1. The number of aliphatic hydroxyl groups is 2.